The molecule has 0 aromatic carbocycles. The molecule has 1 unspecified atom stereocenters. The third-order valence-electron chi connectivity index (χ3n) is 3.09. The third-order valence-corrected chi connectivity index (χ3v) is 3.09. The molecule has 0 N–H and O–H groups in total. The average molecular weight is 354 g/mol. The van der Waals surface area contributed by atoms with Gasteiger partial charge in [0, 0.05) is 6.42 Å². The van der Waals surface area contributed by atoms with E-state index in [9.17, 15) is 48.3 Å². The molecule has 12 heteroatoms. The molecule has 0 aromatic rings. The van der Waals surface area contributed by atoms with Crippen molar-refractivity contribution >= 4 is 0 Å². The maximum absolute atomic E-state index is 13.2. The molecule has 132 valence electrons. The smallest absolute Gasteiger partial charge is 0.373 e. The summed E-state index contributed by atoms with van der Waals surface area (Å²) in [6.45, 7) is 0.125. The Hall–Kier alpha value is -0.810. The summed E-state index contributed by atoms with van der Waals surface area (Å²) in [5.74, 6) is -12.9. The quantitative estimate of drug-likeness (QED) is 0.499. The zero-order valence-corrected chi connectivity index (χ0v) is 10.5. The number of hydrogen-bond acceptors (Lipinski definition) is 1. The van der Waals surface area contributed by atoms with Crippen molar-refractivity contribution in [3.8, 4) is 0 Å². The predicted octanol–water partition coefficient (Wildman–Crippen LogP) is 4.66. The molecule has 1 aliphatic heterocycles. The number of hydrogen-bond donors (Lipinski definition) is 0. The van der Waals surface area contributed by atoms with Crippen LogP contribution in [0.1, 0.15) is 19.3 Å². The van der Waals surface area contributed by atoms with Crippen LogP contribution >= 0.6 is 0 Å². The first-order valence-corrected chi connectivity index (χ1v) is 5.77. The van der Waals surface area contributed by atoms with Crippen molar-refractivity contribution in [3.05, 3.63) is 0 Å². The Labute approximate surface area is 116 Å². The fraction of sp³-hybridized carbons (Fsp3) is 1.00. The summed E-state index contributed by atoms with van der Waals surface area (Å²) >= 11 is 0. The van der Waals surface area contributed by atoms with Gasteiger partial charge in [-0.05, 0) is 12.8 Å². The zero-order chi connectivity index (χ0) is 17.6. The van der Waals surface area contributed by atoms with Crippen LogP contribution in [0.2, 0.25) is 0 Å². The Morgan fingerprint density at radius 1 is 0.773 bits per heavy atom. The van der Waals surface area contributed by atoms with E-state index in [0.29, 0.717) is 0 Å². The second-order valence-electron chi connectivity index (χ2n) is 4.78. The van der Waals surface area contributed by atoms with Crippen molar-refractivity contribution in [3.63, 3.8) is 0 Å². The second kappa shape index (κ2) is 5.38. The lowest BCUT2D eigenvalue weighted by atomic mass is 9.88. The van der Waals surface area contributed by atoms with Crippen LogP contribution in [0.15, 0.2) is 0 Å². The van der Waals surface area contributed by atoms with Crippen LogP contribution in [0, 0.1) is 0 Å². The van der Waals surface area contributed by atoms with E-state index in [-0.39, 0.29) is 13.0 Å². The largest absolute Gasteiger partial charge is 0.438 e. The summed E-state index contributed by atoms with van der Waals surface area (Å²) < 4.78 is 143. The first kappa shape index (κ1) is 19.2. The van der Waals surface area contributed by atoms with Crippen molar-refractivity contribution in [2.45, 2.75) is 55.2 Å². The van der Waals surface area contributed by atoms with Crippen LogP contribution in [0.4, 0.5) is 48.3 Å². The van der Waals surface area contributed by atoms with Gasteiger partial charge in [0.15, 0.2) is 0 Å². The lowest BCUT2D eigenvalue weighted by molar-refractivity contribution is -0.427. The molecule has 1 heterocycles. The molecule has 1 saturated heterocycles. The Morgan fingerprint density at radius 2 is 1.18 bits per heavy atom. The van der Waals surface area contributed by atoms with Gasteiger partial charge in [0.1, 0.15) is 0 Å². The van der Waals surface area contributed by atoms with Crippen LogP contribution < -0.4 is 0 Å². The molecular weight excluding hydrogens is 345 g/mol. The number of alkyl halides is 11. The number of epoxide rings is 1. The molecule has 1 nitrogen and oxygen atoms in total. The summed E-state index contributed by atoms with van der Waals surface area (Å²) in [6, 6.07) is 0. The Kier molecular flexibility index (Phi) is 4.70. The van der Waals surface area contributed by atoms with E-state index in [4.69, 9.17) is 0 Å². The molecule has 0 aromatic heterocycles. The molecule has 1 aliphatic rings. The van der Waals surface area contributed by atoms with Gasteiger partial charge in [-0.25, -0.2) is 4.39 Å². The minimum Gasteiger partial charge on any atom is -0.373 e. The van der Waals surface area contributed by atoms with E-state index in [1.807, 2.05) is 0 Å². The van der Waals surface area contributed by atoms with E-state index < -0.39 is 48.8 Å². The number of halogens is 11. The minimum atomic E-state index is -7.35. The Bertz CT molecular complexity index is 379. The zero-order valence-electron chi connectivity index (χ0n) is 10.5. The summed E-state index contributed by atoms with van der Waals surface area (Å²) in [6.07, 6.45) is -18.2. The lowest BCUT2D eigenvalue weighted by Gasteiger charge is -2.39. The second-order valence-corrected chi connectivity index (χ2v) is 4.78. The van der Waals surface area contributed by atoms with E-state index in [1.54, 1.807) is 0 Å². The third kappa shape index (κ3) is 3.11. The van der Waals surface area contributed by atoms with Crippen LogP contribution in [-0.4, -0.2) is 42.6 Å². The molecule has 1 rings (SSSR count). The van der Waals surface area contributed by atoms with Gasteiger partial charge < -0.3 is 4.74 Å². The van der Waals surface area contributed by atoms with Crippen molar-refractivity contribution in [1.82, 2.24) is 0 Å². The Morgan fingerprint density at radius 3 is 1.50 bits per heavy atom. The number of ether oxygens (including phenoxy) is 1. The molecule has 0 amide bonds. The summed E-state index contributed by atoms with van der Waals surface area (Å²) in [4.78, 5) is 0. The average Bonchev–Trinajstić information content (AvgIpc) is 3.08. The summed E-state index contributed by atoms with van der Waals surface area (Å²) in [7, 11) is 0. The fourth-order valence-electron chi connectivity index (χ4n) is 1.71. The van der Waals surface area contributed by atoms with Crippen molar-refractivity contribution < 1.29 is 53.0 Å². The Balaban J connectivity index is 3.08. The molecule has 0 bridgehead atoms. The minimum absolute atomic E-state index is 0.125. The van der Waals surface area contributed by atoms with Gasteiger partial charge in [0.05, 0.1) is 12.7 Å². The molecule has 22 heavy (non-hydrogen) atoms. The molecule has 0 spiro atoms. The normalized spacial score (nSPS) is 21.1. The van der Waals surface area contributed by atoms with Gasteiger partial charge in [-0.15, -0.1) is 0 Å². The van der Waals surface area contributed by atoms with Gasteiger partial charge in [-0.2, -0.15) is 43.9 Å². The maximum atomic E-state index is 13.2. The van der Waals surface area contributed by atoms with E-state index in [0.717, 1.165) is 0 Å². The predicted molar refractivity (Wildman–Crippen MR) is 49.4 cm³/mol. The molecule has 0 radical (unpaired) electrons. The molecule has 0 aliphatic carbocycles. The SMILES string of the molecule is FC(F)(F)C(F)(C(F)(F)F)C(F)(F)C(F)(F)CCCC1CO1. The van der Waals surface area contributed by atoms with Crippen LogP contribution in [0.25, 0.3) is 0 Å². The molecule has 1 atom stereocenters. The van der Waals surface area contributed by atoms with Crippen LogP contribution in [-0.2, 0) is 4.74 Å². The fourth-order valence-corrected chi connectivity index (χ4v) is 1.71. The summed E-state index contributed by atoms with van der Waals surface area (Å²) in [5.41, 5.74) is -7.35. The first-order valence-electron chi connectivity index (χ1n) is 5.77. The summed E-state index contributed by atoms with van der Waals surface area (Å²) in [5, 5.41) is 0. The topological polar surface area (TPSA) is 12.5 Å². The highest BCUT2D eigenvalue weighted by Gasteiger charge is 2.89. The van der Waals surface area contributed by atoms with Crippen molar-refractivity contribution in [2.75, 3.05) is 6.61 Å². The standard InChI is InChI=1S/C10H9F11O/c11-6(12,3-1-2-5-4-22-5)8(14,15)7(13,9(16,17)18)10(19,20)21/h5H,1-4H2. The highest BCUT2D eigenvalue weighted by Crippen LogP contribution is 2.59. The van der Waals surface area contributed by atoms with Gasteiger partial charge in [0.2, 0.25) is 0 Å². The van der Waals surface area contributed by atoms with Crippen molar-refractivity contribution in [2.24, 2.45) is 0 Å². The monoisotopic (exact) mass is 354 g/mol. The lowest BCUT2D eigenvalue weighted by Crippen LogP contribution is -2.70. The van der Waals surface area contributed by atoms with Crippen molar-refractivity contribution in [1.29, 1.82) is 0 Å². The van der Waals surface area contributed by atoms with Crippen LogP contribution in [0.3, 0.4) is 0 Å². The van der Waals surface area contributed by atoms with Gasteiger partial charge in [-0.1, -0.05) is 0 Å². The van der Waals surface area contributed by atoms with Crippen LogP contribution in [0.5, 0.6) is 0 Å². The molecular formula is C10H9F11O. The van der Waals surface area contributed by atoms with Gasteiger partial charge >= 0.3 is 29.9 Å². The maximum Gasteiger partial charge on any atom is 0.438 e. The molecule has 1 fully saturated rings. The van der Waals surface area contributed by atoms with E-state index >= 15 is 0 Å². The molecule has 0 saturated carbocycles. The highest BCUT2D eigenvalue weighted by atomic mass is 19.4. The van der Waals surface area contributed by atoms with Gasteiger partial charge in [-0.3, -0.25) is 0 Å². The highest BCUT2D eigenvalue weighted by molar-refractivity contribution is 5.10. The van der Waals surface area contributed by atoms with E-state index in [1.165, 1.54) is 0 Å². The first-order chi connectivity index (χ1) is 9.58. The number of rotatable bonds is 6. The van der Waals surface area contributed by atoms with Gasteiger partial charge in [0.25, 0.3) is 0 Å². The van der Waals surface area contributed by atoms with E-state index in [2.05, 4.69) is 4.74 Å².